The maximum absolute atomic E-state index is 13.1. The van der Waals surface area contributed by atoms with Crippen LogP contribution >= 0.6 is 0 Å². The molecule has 1 aliphatic heterocycles. The summed E-state index contributed by atoms with van der Waals surface area (Å²) in [7, 11) is 0. The molecule has 4 aliphatic rings. The third-order valence-electron chi connectivity index (χ3n) is 7.12. The fourth-order valence-corrected chi connectivity index (χ4v) is 5.37. The van der Waals surface area contributed by atoms with E-state index in [1.807, 2.05) is 6.33 Å². The summed E-state index contributed by atoms with van der Waals surface area (Å²) >= 11 is 0. The summed E-state index contributed by atoms with van der Waals surface area (Å²) in [5.74, 6) is 2.29. The van der Waals surface area contributed by atoms with Crippen LogP contribution in [0.25, 0.3) is 0 Å². The van der Waals surface area contributed by atoms with Crippen molar-refractivity contribution in [2.45, 2.75) is 76.2 Å². The van der Waals surface area contributed by atoms with E-state index in [-0.39, 0.29) is 5.92 Å². The van der Waals surface area contributed by atoms with Crippen LogP contribution in [-0.4, -0.2) is 38.7 Å². The smallest absolute Gasteiger partial charge is 0.225 e. The Morgan fingerprint density at radius 3 is 2.54 bits per heavy atom. The lowest BCUT2D eigenvalue weighted by atomic mass is 9.62. The van der Waals surface area contributed by atoms with Gasteiger partial charge in [0.25, 0.3) is 0 Å². The molecular formula is C19H28N4O. The predicted molar refractivity (Wildman–Crippen MR) is 90.5 cm³/mol. The Hall–Kier alpha value is -1.39. The van der Waals surface area contributed by atoms with E-state index in [1.165, 1.54) is 51.4 Å². The Labute approximate surface area is 143 Å². The first-order valence-corrected chi connectivity index (χ1v) is 9.95. The molecule has 5 nitrogen and oxygen atoms in total. The summed E-state index contributed by atoms with van der Waals surface area (Å²) in [4.78, 5) is 15.3. The van der Waals surface area contributed by atoms with Crippen LogP contribution in [0.2, 0.25) is 0 Å². The van der Waals surface area contributed by atoms with Crippen molar-refractivity contribution in [3.63, 3.8) is 0 Å². The molecule has 24 heavy (non-hydrogen) atoms. The number of likely N-dealkylation sites (tertiary alicyclic amines) is 1. The van der Waals surface area contributed by atoms with Crippen LogP contribution in [0, 0.1) is 11.3 Å². The summed E-state index contributed by atoms with van der Waals surface area (Å²) in [6.07, 6.45) is 14.2. The fourth-order valence-electron chi connectivity index (χ4n) is 5.37. The monoisotopic (exact) mass is 328 g/mol. The van der Waals surface area contributed by atoms with Crippen LogP contribution in [0.5, 0.6) is 0 Å². The quantitative estimate of drug-likeness (QED) is 0.855. The van der Waals surface area contributed by atoms with E-state index in [4.69, 9.17) is 0 Å². The van der Waals surface area contributed by atoms with Gasteiger partial charge in [-0.1, -0.05) is 25.7 Å². The molecule has 1 unspecified atom stereocenters. The highest BCUT2D eigenvalue weighted by Gasteiger charge is 2.54. The molecule has 1 saturated heterocycles. The van der Waals surface area contributed by atoms with Gasteiger partial charge in [0, 0.05) is 31.0 Å². The van der Waals surface area contributed by atoms with Crippen LogP contribution in [0.4, 0.5) is 0 Å². The molecule has 1 aromatic rings. The average Bonchev–Trinajstić information content (AvgIpc) is 3.17. The van der Waals surface area contributed by atoms with Gasteiger partial charge in [0.15, 0.2) is 0 Å². The third-order valence-corrected chi connectivity index (χ3v) is 7.12. The van der Waals surface area contributed by atoms with Gasteiger partial charge in [0.2, 0.25) is 5.91 Å². The normalized spacial score (nSPS) is 29.8. The summed E-state index contributed by atoms with van der Waals surface area (Å²) in [5, 5.41) is 8.74. The molecule has 1 aromatic heterocycles. The van der Waals surface area contributed by atoms with Crippen molar-refractivity contribution in [1.29, 1.82) is 0 Å². The largest absolute Gasteiger partial charge is 0.341 e. The minimum atomic E-state index is 0.288. The van der Waals surface area contributed by atoms with Crippen molar-refractivity contribution in [1.82, 2.24) is 19.7 Å². The molecule has 0 N–H and O–H groups in total. The highest BCUT2D eigenvalue weighted by atomic mass is 16.2. The number of rotatable bonds is 3. The molecular weight excluding hydrogens is 300 g/mol. The summed E-state index contributed by atoms with van der Waals surface area (Å²) < 4.78 is 2.32. The van der Waals surface area contributed by atoms with E-state index in [0.717, 1.165) is 31.8 Å². The molecule has 0 bridgehead atoms. The molecule has 3 saturated carbocycles. The van der Waals surface area contributed by atoms with Crippen molar-refractivity contribution >= 4 is 5.91 Å². The molecule has 0 radical (unpaired) electrons. The second-order valence-corrected chi connectivity index (χ2v) is 8.65. The standard InChI is InChI=1S/C19H28N4O/c24-18(14-5-2-1-3-6-14)22-11-16(19(12-22)9-4-10-19)17-21-20-13-23(17)15-7-8-15/h13-16H,1-12H2. The zero-order valence-electron chi connectivity index (χ0n) is 14.5. The second kappa shape index (κ2) is 5.57. The Kier molecular flexibility index (Phi) is 3.46. The Morgan fingerprint density at radius 1 is 1.08 bits per heavy atom. The first kappa shape index (κ1) is 14.9. The summed E-state index contributed by atoms with van der Waals surface area (Å²) in [5.41, 5.74) is 0.296. The van der Waals surface area contributed by atoms with Gasteiger partial charge in [-0.05, 0) is 43.9 Å². The molecule has 3 aliphatic carbocycles. The van der Waals surface area contributed by atoms with Gasteiger partial charge in [-0.2, -0.15) is 0 Å². The molecule has 5 rings (SSSR count). The highest BCUT2D eigenvalue weighted by molar-refractivity contribution is 5.79. The number of hydrogen-bond acceptors (Lipinski definition) is 3. The van der Waals surface area contributed by atoms with Crippen molar-refractivity contribution in [3.8, 4) is 0 Å². The summed E-state index contributed by atoms with van der Waals surface area (Å²) in [6.45, 7) is 1.84. The maximum Gasteiger partial charge on any atom is 0.225 e. The zero-order chi connectivity index (χ0) is 16.1. The Morgan fingerprint density at radius 2 is 1.88 bits per heavy atom. The van der Waals surface area contributed by atoms with Crippen molar-refractivity contribution in [2.24, 2.45) is 11.3 Å². The van der Waals surface area contributed by atoms with E-state index >= 15 is 0 Å². The topological polar surface area (TPSA) is 51.0 Å². The second-order valence-electron chi connectivity index (χ2n) is 8.65. The zero-order valence-corrected chi connectivity index (χ0v) is 14.5. The molecule has 130 valence electrons. The number of amides is 1. The van der Waals surface area contributed by atoms with E-state index in [0.29, 0.717) is 23.3 Å². The van der Waals surface area contributed by atoms with Gasteiger partial charge < -0.3 is 9.47 Å². The number of carbonyl (C=O) groups excluding carboxylic acids is 1. The lowest BCUT2D eigenvalue weighted by Gasteiger charge is -2.42. The fraction of sp³-hybridized carbons (Fsp3) is 0.842. The van der Waals surface area contributed by atoms with Crippen LogP contribution < -0.4 is 0 Å². The van der Waals surface area contributed by atoms with Gasteiger partial charge in [-0.3, -0.25) is 4.79 Å². The van der Waals surface area contributed by atoms with Crippen molar-refractivity contribution in [2.75, 3.05) is 13.1 Å². The summed E-state index contributed by atoms with van der Waals surface area (Å²) in [6, 6.07) is 0.621. The van der Waals surface area contributed by atoms with Crippen LogP contribution in [0.1, 0.15) is 82.0 Å². The van der Waals surface area contributed by atoms with Gasteiger partial charge >= 0.3 is 0 Å². The Bertz CT molecular complexity index is 625. The maximum atomic E-state index is 13.1. The van der Waals surface area contributed by atoms with Crippen LogP contribution in [0.3, 0.4) is 0 Å². The van der Waals surface area contributed by atoms with E-state index in [9.17, 15) is 4.79 Å². The van der Waals surface area contributed by atoms with Crippen LogP contribution in [0.15, 0.2) is 6.33 Å². The van der Waals surface area contributed by atoms with Gasteiger partial charge in [-0.25, -0.2) is 0 Å². The first-order valence-electron chi connectivity index (χ1n) is 9.95. The van der Waals surface area contributed by atoms with Gasteiger partial charge in [0.1, 0.15) is 12.2 Å². The van der Waals surface area contributed by atoms with Crippen molar-refractivity contribution in [3.05, 3.63) is 12.2 Å². The van der Waals surface area contributed by atoms with Gasteiger partial charge in [0.05, 0.1) is 0 Å². The van der Waals surface area contributed by atoms with E-state index in [1.54, 1.807) is 0 Å². The molecule has 1 spiro atoms. The van der Waals surface area contributed by atoms with E-state index in [2.05, 4.69) is 19.7 Å². The van der Waals surface area contributed by atoms with Gasteiger partial charge in [-0.15, -0.1) is 10.2 Å². The average molecular weight is 328 g/mol. The van der Waals surface area contributed by atoms with Crippen LogP contribution in [-0.2, 0) is 4.79 Å². The SMILES string of the molecule is O=C(C1CCCCC1)N1CC(c2nncn2C2CC2)C2(CCC2)C1. The molecule has 5 heteroatoms. The van der Waals surface area contributed by atoms with E-state index < -0.39 is 0 Å². The molecule has 1 amide bonds. The molecule has 2 heterocycles. The molecule has 4 fully saturated rings. The third kappa shape index (κ3) is 2.31. The Balaban J connectivity index is 1.39. The molecule has 0 aromatic carbocycles. The highest BCUT2D eigenvalue weighted by Crippen LogP contribution is 2.56. The lowest BCUT2D eigenvalue weighted by molar-refractivity contribution is -0.136. The number of nitrogens with zero attached hydrogens (tertiary/aromatic N) is 4. The molecule has 1 atom stereocenters. The first-order chi connectivity index (χ1) is 11.8. The number of carbonyl (C=O) groups is 1. The number of hydrogen-bond donors (Lipinski definition) is 0. The minimum Gasteiger partial charge on any atom is -0.341 e. The number of aromatic nitrogens is 3. The van der Waals surface area contributed by atoms with Crippen molar-refractivity contribution < 1.29 is 4.79 Å². The minimum absolute atomic E-state index is 0.288. The predicted octanol–water partition coefficient (Wildman–Crippen LogP) is 3.29. The lowest BCUT2D eigenvalue weighted by Crippen LogP contribution is -2.40.